The highest BCUT2D eigenvalue weighted by Crippen LogP contribution is 2.45. The summed E-state index contributed by atoms with van der Waals surface area (Å²) in [4.78, 5) is 10.7. The van der Waals surface area contributed by atoms with Crippen LogP contribution in [0.15, 0.2) is 140 Å². The van der Waals surface area contributed by atoms with E-state index in [-0.39, 0.29) is 0 Å². The third-order valence-electron chi connectivity index (χ3n) is 8.82. The van der Waals surface area contributed by atoms with Crippen LogP contribution in [0.2, 0.25) is 0 Å². The van der Waals surface area contributed by atoms with Crippen molar-refractivity contribution in [2.45, 2.75) is 0 Å². The summed E-state index contributed by atoms with van der Waals surface area (Å²) in [5, 5.41) is 6.15. The lowest BCUT2D eigenvalue weighted by Gasteiger charge is -2.09. The van der Waals surface area contributed by atoms with Crippen LogP contribution in [-0.2, 0) is 0 Å². The number of para-hydroxylation sites is 2. The summed E-state index contributed by atoms with van der Waals surface area (Å²) >= 11 is 3.63. The third-order valence-corrected chi connectivity index (χ3v) is 11.2. The molecular weight excluding hydrogens is 587 g/mol. The first-order valence-corrected chi connectivity index (χ1v) is 16.6. The maximum atomic E-state index is 5.41. The molecule has 0 saturated carbocycles. The SMILES string of the molecule is c1ccc(-n2c3ccccc3c3cc(-c4nc(-c5cccc6c5sc5ccccc56)c5sc6ccccc6c5n4)ccc32)cc1. The van der Waals surface area contributed by atoms with Gasteiger partial charge >= 0.3 is 0 Å². The minimum Gasteiger partial charge on any atom is -0.309 e. The molecule has 0 radical (unpaired) electrons. The molecule has 0 amide bonds. The number of hydrogen-bond acceptors (Lipinski definition) is 4. The number of hydrogen-bond donors (Lipinski definition) is 0. The van der Waals surface area contributed by atoms with Crippen LogP contribution in [0, 0.1) is 0 Å². The van der Waals surface area contributed by atoms with E-state index in [0.29, 0.717) is 0 Å². The maximum absolute atomic E-state index is 5.41. The summed E-state index contributed by atoms with van der Waals surface area (Å²) in [6.07, 6.45) is 0. The summed E-state index contributed by atoms with van der Waals surface area (Å²) in [5.74, 6) is 0.748. The average molecular weight is 610 g/mol. The fourth-order valence-electron chi connectivity index (χ4n) is 6.80. The minimum atomic E-state index is 0.748. The molecular formula is C40H23N3S2. The summed E-state index contributed by atoms with van der Waals surface area (Å²) in [6.45, 7) is 0. The fourth-order valence-corrected chi connectivity index (χ4v) is 9.17. The number of thiophene rings is 2. The lowest BCUT2D eigenvalue weighted by atomic mass is 10.0. The highest BCUT2D eigenvalue weighted by atomic mass is 32.1. The highest BCUT2D eigenvalue weighted by molar-refractivity contribution is 7.27. The van der Waals surface area contributed by atoms with Gasteiger partial charge in [0.2, 0.25) is 0 Å². The Morgan fingerprint density at radius 2 is 1.13 bits per heavy atom. The van der Waals surface area contributed by atoms with Gasteiger partial charge in [-0.25, -0.2) is 9.97 Å². The first-order valence-electron chi connectivity index (χ1n) is 15.0. The normalized spacial score (nSPS) is 12.0. The molecule has 3 nitrogen and oxygen atoms in total. The quantitative estimate of drug-likeness (QED) is 0.199. The number of rotatable bonds is 3. The van der Waals surface area contributed by atoms with Crippen molar-refractivity contribution in [2.75, 3.05) is 0 Å². The Kier molecular flexibility index (Phi) is 5.32. The van der Waals surface area contributed by atoms with Crippen LogP contribution in [0.3, 0.4) is 0 Å². The van der Waals surface area contributed by atoms with Crippen LogP contribution < -0.4 is 0 Å². The summed E-state index contributed by atoms with van der Waals surface area (Å²) in [5.41, 5.74) is 7.70. The largest absolute Gasteiger partial charge is 0.309 e. The smallest absolute Gasteiger partial charge is 0.160 e. The van der Waals surface area contributed by atoms with Crippen molar-refractivity contribution in [3.8, 4) is 28.3 Å². The molecule has 0 aliphatic heterocycles. The van der Waals surface area contributed by atoms with Crippen LogP contribution in [-0.4, -0.2) is 14.5 Å². The molecule has 0 aliphatic rings. The van der Waals surface area contributed by atoms with Crippen molar-refractivity contribution in [1.29, 1.82) is 0 Å². The minimum absolute atomic E-state index is 0.748. The molecule has 6 aromatic carbocycles. The first kappa shape index (κ1) is 25.0. The van der Waals surface area contributed by atoms with E-state index in [1.807, 2.05) is 11.3 Å². The zero-order valence-corrected chi connectivity index (χ0v) is 25.6. The van der Waals surface area contributed by atoms with Crippen molar-refractivity contribution in [2.24, 2.45) is 0 Å². The predicted octanol–water partition coefficient (Wildman–Crippen LogP) is 11.6. The van der Waals surface area contributed by atoms with Crippen molar-refractivity contribution in [3.63, 3.8) is 0 Å². The van der Waals surface area contributed by atoms with Gasteiger partial charge in [-0.2, -0.15) is 0 Å². The Morgan fingerprint density at radius 3 is 2.00 bits per heavy atom. The van der Waals surface area contributed by atoms with E-state index in [2.05, 4.69) is 144 Å². The lowest BCUT2D eigenvalue weighted by molar-refractivity contribution is 1.18. The molecule has 0 unspecified atom stereocenters. The van der Waals surface area contributed by atoms with Crippen molar-refractivity contribution >= 4 is 85.0 Å². The Hall–Kier alpha value is -5.36. The Balaban J connectivity index is 1.27. The van der Waals surface area contributed by atoms with E-state index in [4.69, 9.17) is 9.97 Å². The standard InChI is InChI=1S/C40H23N3S2/c1-2-11-25(12-3-1)43-32-18-7-4-13-26(32)31-23-24(21-22-33(31)43)40-41-36-29-15-6-9-20-35(29)45-39(36)37(42-40)30-17-10-16-28-27-14-5-8-19-34(27)44-38(28)30/h1-23H. The van der Waals surface area contributed by atoms with Crippen LogP contribution >= 0.6 is 22.7 Å². The molecule has 210 valence electrons. The van der Waals surface area contributed by atoms with E-state index in [9.17, 15) is 0 Å². The third kappa shape index (κ3) is 3.69. The molecule has 0 N–H and O–H groups in total. The van der Waals surface area contributed by atoms with Crippen LogP contribution in [0.5, 0.6) is 0 Å². The van der Waals surface area contributed by atoms with Gasteiger partial charge in [-0.05, 0) is 48.5 Å². The van der Waals surface area contributed by atoms with Gasteiger partial charge in [-0.15, -0.1) is 22.7 Å². The second kappa shape index (κ2) is 9.57. The topological polar surface area (TPSA) is 30.7 Å². The average Bonchev–Trinajstić information content (AvgIpc) is 3.77. The first-order chi connectivity index (χ1) is 22.3. The Morgan fingerprint density at radius 1 is 0.467 bits per heavy atom. The number of benzene rings is 6. The van der Waals surface area contributed by atoms with E-state index >= 15 is 0 Å². The molecule has 0 aliphatic carbocycles. The molecule has 0 bridgehead atoms. The molecule has 0 fully saturated rings. The Bertz CT molecular complexity index is 2770. The second-order valence-electron chi connectivity index (χ2n) is 11.4. The van der Waals surface area contributed by atoms with Crippen LogP contribution in [0.4, 0.5) is 0 Å². The number of fused-ring (bicyclic) bond motifs is 9. The molecule has 45 heavy (non-hydrogen) atoms. The van der Waals surface area contributed by atoms with Gasteiger partial charge in [0.1, 0.15) is 0 Å². The second-order valence-corrected chi connectivity index (χ2v) is 13.5. The van der Waals surface area contributed by atoms with Crippen LogP contribution in [0.1, 0.15) is 0 Å². The summed E-state index contributed by atoms with van der Waals surface area (Å²) in [7, 11) is 0. The van der Waals surface area contributed by atoms with E-state index in [1.165, 1.54) is 52.1 Å². The maximum Gasteiger partial charge on any atom is 0.160 e. The number of aromatic nitrogens is 3. The highest BCUT2D eigenvalue weighted by Gasteiger charge is 2.20. The molecule has 0 atom stereocenters. The Labute approximate surface area is 266 Å². The van der Waals surface area contributed by atoms with Gasteiger partial charge in [0.15, 0.2) is 5.82 Å². The fraction of sp³-hybridized carbons (Fsp3) is 0. The molecule has 10 aromatic rings. The molecule has 0 spiro atoms. The summed E-state index contributed by atoms with van der Waals surface area (Å²) in [6, 6.07) is 49.8. The van der Waals surface area contributed by atoms with E-state index in [1.54, 1.807) is 11.3 Å². The lowest BCUT2D eigenvalue weighted by Crippen LogP contribution is -1.95. The predicted molar refractivity (Wildman–Crippen MR) is 193 cm³/mol. The number of nitrogens with zero attached hydrogens (tertiary/aromatic N) is 3. The van der Waals surface area contributed by atoms with Gasteiger partial charge in [-0.1, -0.05) is 91.0 Å². The van der Waals surface area contributed by atoms with Gasteiger partial charge < -0.3 is 4.57 Å². The monoisotopic (exact) mass is 609 g/mol. The van der Waals surface area contributed by atoms with Gasteiger partial charge in [0.25, 0.3) is 0 Å². The van der Waals surface area contributed by atoms with Gasteiger partial charge in [0, 0.05) is 57.8 Å². The molecule has 10 rings (SSSR count). The zero-order chi connectivity index (χ0) is 29.5. The van der Waals surface area contributed by atoms with Gasteiger partial charge in [0.05, 0.1) is 26.9 Å². The van der Waals surface area contributed by atoms with Crippen molar-refractivity contribution in [1.82, 2.24) is 14.5 Å². The molecule has 4 aromatic heterocycles. The zero-order valence-electron chi connectivity index (χ0n) is 23.9. The van der Waals surface area contributed by atoms with Crippen LogP contribution in [0.25, 0.3) is 90.6 Å². The van der Waals surface area contributed by atoms with E-state index in [0.717, 1.165) is 38.5 Å². The van der Waals surface area contributed by atoms with E-state index < -0.39 is 0 Å². The van der Waals surface area contributed by atoms with Crippen molar-refractivity contribution < 1.29 is 0 Å². The van der Waals surface area contributed by atoms with Gasteiger partial charge in [-0.3, -0.25) is 0 Å². The molecule has 4 heterocycles. The van der Waals surface area contributed by atoms with Crippen molar-refractivity contribution in [3.05, 3.63) is 140 Å². The molecule has 5 heteroatoms. The molecule has 0 saturated heterocycles. The summed E-state index contributed by atoms with van der Waals surface area (Å²) < 4.78 is 7.26.